The van der Waals surface area contributed by atoms with Gasteiger partial charge in [0.15, 0.2) is 0 Å². The van der Waals surface area contributed by atoms with Crippen molar-refractivity contribution >= 4 is 23.2 Å². The summed E-state index contributed by atoms with van der Waals surface area (Å²) < 4.78 is 0. The number of nitrogens with zero attached hydrogens (tertiary/aromatic N) is 1. The van der Waals surface area contributed by atoms with Crippen LogP contribution in [0.25, 0.3) is 11.1 Å². The van der Waals surface area contributed by atoms with Gasteiger partial charge in [-0.25, -0.2) is 0 Å². The first-order valence-electron chi connectivity index (χ1n) is 11.5. The van der Waals surface area contributed by atoms with Gasteiger partial charge >= 0.3 is 37.9 Å². The van der Waals surface area contributed by atoms with Gasteiger partial charge in [-0.3, -0.25) is 4.99 Å². The summed E-state index contributed by atoms with van der Waals surface area (Å²) in [6, 6.07) is 14.6. The van der Waals surface area contributed by atoms with Crippen molar-refractivity contribution in [2.75, 3.05) is 7.05 Å². The first-order valence-corrected chi connectivity index (χ1v) is 17.9. The van der Waals surface area contributed by atoms with Crippen molar-refractivity contribution in [1.29, 1.82) is 0 Å². The van der Waals surface area contributed by atoms with Crippen molar-refractivity contribution in [2.45, 2.75) is 76.5 Å². The molecule has 1 aliphatic carbocycles. The Morgan fingerprint density at radius 3 is 1.87 bits per heavy atom. The third-order valence-corrected chi connectivity index (χ3v) is 6.14. The van der Waals surface area contributed by atoms with Gasteiger partial charge in [0.25, 0.3) is 0 Å². The molecule has 0 atom stereocenters. The second kappa shape index (κ2) is 16.1. The summed E-state index contributed by atoms with van der Waals surface area (Å²) in [6.07, 6.45) is 16.3. The summed E-state index contributed by atoms with van der Waals surface area (Å²) in [6.45, 7) is 0. The van der Waals surface area contributed by atoms with Crippen LogP contribution in [0.3, 0.4) is 0 Å². The Kier molecular flexibility index (Phi) is 13.8. The van der Waals surface area contributed by atoms with E-state index >= 15 is 0 Å². The molecule has 3 rings (SSSR count). The minimum absolute atomic E-state index is 0.434. The topological polar surface area (TPSA) is 32.6 Å². The van der Waals surface area contributed by atoms with Gasteiger partial charge in [0.2, 0.25) is 0 Å². The zero-order valence-electron chi connectivity index (χ0n) is 18.6. The number of rotatable bonds is 3. The van der Waals surface area contributed by atoms with Crippen molar-refractivity contribution in [2.24, 2.45) is 4.99 Å². The van der Waals surface area contributed by atoms with Crippen molar-refractivity contribution in [3.05, 3.63) is 53.6 Å². The summed E-state index contributed by atoms with van der Waals surface area (Å²) in [7, 11) is 11.6. The molecule has 0 aromatic heterocycles. The summed E-state index contributed by atoms with van der Waals surface area (Å²) in [4.78, 5) is 4.24. The molecule has 2 aromatic rings. The number of hydrogen-bond acceptors (Lipinski definition) is 2. The predicted octanol–water partition coefficient (Wildman–Crippen LogP) is 8.87. The Morgan fingerprint density at radius 2 is 1.35 bits per heavy atom. The normalized spacial score (nSPS) is 16.6. The maximum absolute atomic E-state index is 11.2. The van der Waals surface area contributed by atoms with E-state index in [0.29, 0.717) is 11.7 Å². The van der Waals surface area contributed by atoms with Crippen LogP contribution in [0, 0.1) is 0 Å². The average Bonchev–Trinajstić information content (AvgIpc) is 2.77. The van der Waals surface area contributed by atoms with Crippen molar-refractivity contribution in [3.63, 3.8) is 0 Å². The van der Waals surface area contributed by atoms with Gasteiger partial charge in [0.05, 0.1) is 0 Å². The van der Waals surface area contributed by atoms with E-state index in [4.69, 9.17) is 17.0 Å². The molecule has 0 radical (unpaired) electrons. The van der Waals surface area contributed by atoms with Gasteiger partial charge in [0.1, 0.15) is 5.75 Å². The van der Waals surface area contributed by atoms with Crippen molar-refractivity contribution < 1.29 is 26.0 Å². The molecule has 0 amide bonds. The van der Waals surface area contributed by atoms with Gasteiger partial charge in [-0.2, -0.15) is 0 Å². The monoisotopic (exact) mass is 537 g/mol. The fraction of sp³-hybridized carbons (Fsp3) is 0.500. The standard InChI is InChI=1S/C26H35NO.2ClH.Zr/c1-27-20-25-23(21-14-12-9-13-15-21)18-19-24(26(25)28)22-16-10-7-5-3-2-4-6-8-11-17-22;;;/h9,12-15,18-20,22,28H,2-8,10-11,16-17H2,1H3;2*1H;/q;;;+2/p-2. The van der Waals surface area contributed by atoms with E-state index in [1.807, 2.05) is 24.4 Å². The zero-order valence-corrected chi connectivity index (χ0v) is 22.6. The molecule has 5 heteroatoms. The first-order chi connectivity index (χ1) is 15.2. The number of halogens is 2. The van der Waals surface area contributed by atoms with Gasteiger partial charge < -0.3 is 5.11 Å². The Bertz CT molecular complexity index is 770. The van der Waals surface area contributed by atoms with Crippen LogP contribution in [-0.2, 0) is 20.8 Å². The SMILES string of the molecule is CN=Cc1c(-c2ccccc2)ccc(C2CCCCCCCCCCC2)c1O.[Cl][Zr][Cl]. The summed E-state index contributed by atoms with van der Waals surface area (Å²) in [5.74, 6) is 0.886. The fourth-order valence-corrected chi connectivity index (χ4v) is 4.56. The van der Waals surface area contributed by atoms with Gasteiger partial charge in [-0.15, -0.1) is 0 Å². The molecule has 0 saturated heterocycles. The molecule has 1 N–H and O–H groups in total. The fourth-order valence-electron chi connectivity index (χ4n) is 4.56. The number of benzene rings is 2. The first kappa shape index (κ1) is 26.6. The molecule has 31 heavy (non-hydrogen) atoms. The van der Waals surface area contributed by atoms with Crippen LogP contribution in [0.1, 0.15) is 87.7 Å². The molecule has 0 heterocycles. The molecule has 0 unspecified atom stereocenters. The van der Waals surface area contributed by atoms with E-state index in [-0.39, 0.29) is 0 Å². The predicted molar refractivity (Wildman–Crippen MR) is 132 cm³/mol. The van der Waals surface area contributed by atoms with E-state index in [0.717, 1.165) is 22.3 Å². The van der Waals surface area contributed by atoms with Crippen LogP contribution in [0.15, 0.2) is 47.5 Å². The molecular formula is C26H35Cl2NOZr. The van der Waals surface area contributed by atoms with Gasteiger partial charge in [-0.05, 0) is 35.4 Å². The van der Waals surface area contributed by atoms with E-state index in [1.54, 1.807) is 7.05 Å². The molecule has 168 valence electrons. The maximum atomic E-state index is 11.2. The van der Waals surface area contributed by atoms with E-state index in [2.05, 4.69) is 29.3 Å². The quantitative estimate of drug-likeness (QED) is 0.388. The molecule has 0 spiro atoms. The van der Waals surface area contributed by atoms with Crippen LogP contribution in [0.5, 0.6) is 5.75 Å². The third-order valence-electron chi connectivity index (χ3n) is 6.14. The molecule has 1 fully saturated rings. The van der Waals surface area contributed by atoms with Gasteiger partial charge in [0, 0.05) is 18.8 Å². The molecule has 0 bridgehead atoms. The van der Waals surface area contributed by atoms with Crippen LogP contribution < -0.4 is 0 Å². The summed E-state index contributed by atoms with van der Waals surface area (Å²) in [5, 5.41) is 11.2. The number of phenols is 1. The number of aliphatic imine (C=N–C) groups is 1. The Hall–Kier alpha value is -0.627. The third kappa shape index (κ3) is 9.03. The minimum atomic E-state index is -0.826. The second-order valence-electron chi connectivity index (χ2n) is 8.25. The molecule has 2 aromatic carbocycles. The van der Waals surface area contributed by atoms with Crippen molar-refractivity contribution in [1.82, 2.24) is 0 Å². The second-order valence-corrected chi connectivity index (χ2v) is 12.0. The number of phenolic OH excluding ortho intramolecular Hbond substituents is 1. The summed E-state index contributed by atoms with van der Waals surface area (Å²) in [5.41, 5.74) is 4.16. The molecule has 1 saturated carbocycles. The number of hydrogen-bond donors (Lipinski definition) is 1. The molecule has 0 aliphatic heterocycles. The molecular weight excluding hydrogens is 504 g/mol. The average molecular weight is 540 g/mol. The van der Waals surface area contributed by atoms with Crippen molar-refractivity contribution in [3.8, 4) is 16.9 Å². The molecule has 1 aliphatic rings. The van der Waals surface area contributed by atoms with Crippen LogP contribution >= 0.6 is 17.0 Å². The number of aromatic hydroxyl groups is 1. The Balaban J connectivity index is 0.00000107. The Morgan fingerprint density at radius 1 is 0.839 bits per heavy atom. The van der Waals surface area contributed by atoms with Crippen LogP contribution in [0.4, 0.5) is 0 Å². The van der Waals surface area contributed by atoms with Crippen LogP contribution in [-0.4, -0.2) is 18.4 Å². The van der Waals surface area contributed by atoms with E-state index < -0.39 is 20.8 Å². The van der Waals surface area contributed by atoms with E-state index in [1.165, 1.54) is 70.6 Å². The molecule has 2 nitrogen and oxygen atoms in total. The van der Waals surface area contributed by atoms with E-state index in [9.17, 15) is 5.11 Å². The zero-order chi connectivity index (χ0) is 22.3. The summed E-state index contributed by atoms with van der Waals surface area (Å²) >= 11 is -0.826. The Labute approximate surface area is 207 Å². The van der Waals surface area contributed by atoms with Gasteiger partial charge in [-0.1, -0.05) is 100 Å². The van der Waals surface area contributed by atoms with Crippen LogP contribution in [0.2, 0.25) is 0 Å².